The van der Waals surface area contributed by atoms with E-state index in [-0.39, 0.29) is 21.6 Å². The molecule has 0 bridgehead atoms. The molecular weight excluding hydrogens is 566 g/mol. The number of nitrogens with one attached hydrogen (secondary N) is 1. The zero-order valence-corrected chi connectivity index (χ0v) is 23.9. The molecule has 3 aromatic heterocycles. The SMILES string of the molecule is COC1(C(=O)N2CCN(c3cc(S(=O)(=O)NC4(C)CC4)cn4c(-c5nnc(C(F)F)s5)ncc34)CC2)CN(C)C1. The molecule has 1 saturated carbocycles. The second kappa shape index (κ2) is 9.65. The molecule has 3 aromatic rings. The van der Waals surface area contributed by atoms with Crippen molar-refractivity contribution >= 4 is 38.5 Å². The number of ether oxygens (including phenoxy) is 1. The minimum atomic E-state index is -3.90. The Morgan fingerprint density at radius 2 is 1.88 bits per heavy atom. The van der Waals surface area contributed by atoms with E-state index in [1.807, 2.05) is 23.8 Å². The third kappa shape index (κ3) is 4.74. The average Bonchev–Trinajstić information content (AvgIpc) is 3.28. The summed E-state index contributed by atoms with van der Waals surface area (Å²) >= 11 is 0.710. The Morgan fingerprint density at radius 3 is 2.45 bits per heavy atom. The van der Waals surface area contributed by atoms with Gasteiger partial charge in [0.15, 0.2) is 21.4 Å². The van der Waals surface area contributed by atoms with E-state index in [9.17, 15) is 22.0 Å². The highest BCUT2D eigenvalue weighted by Crippen LogP contribution is 2.38. The lowest BCUT2D eigenvalue weighted by Gasteiger charge is -2.49. The van der Waals surface area contributed by atoms with Gasteiger partial charge in [-0.1, -0.05) is 11.3 Å². The Kier molecular flexibility index (Phi) is 6.61. The van der Waals surface area contributed by atoms with Crippen LogP contribution in [0.1, 0.15) is 31.2 Å². The number of hydrogen-bond donors (Lipinski definition) is 1. The molecule has 12 nitrogen and oxygen atoms in total. The normalized spacial score (nSPS) is 20.8. The number of anilines is 1. The van der Waals surface area contributed by atoms with Crippen LogP contribution in [0.3, 0.4) is 0 Å². The van der Waals surface area contributed by atoms with Gasteiger partial charge in [-0.25, -0.2) is 26.9 Å². The number of aromatic nitrogens is 4. The molecule has 16 heteroatoms. The van der Waals surface area contributed by atoms with Crippen molar-refractivity contribution in [2.45, 2.75) is 42.2 Å². The molecule has 3 aliphatic rings. The zero-order valence-electron chi connectivity index (χ0n) is 22.3. The van der Waals surface area contributed by atoms with Crippen LogP contribution in [-0.4, -0.2) is 108 Å². The highest BCUT2D eigenvalue weighted by molar-refractivity contribution is 7.89. The minimum Gasteiger partial charge on any atom is -0.366 e. The first-order valence-corrected chi connectivity index (χ1v) is 15.2. The summed E-state index contributed by atoms with van der Waals surface area (Å²) in [4.78, 5) is 23.5. The number of amides is 1. The summed E-state index contributed by atoms with van der Waals surface area (Å²) in [5.41, 5.74) is -0.120. The zero-order chi connectivity index (χ0) is 28.4. The number of hydrogen-bond acceptors (Lipinski definition) is 10. The van der Waals surface area contributed by atoms with Crippen LogP contribution in [-0.2, 0) is 19.6 Å². The summed E-state index contributed by atoms with van der Waals surface area (Å²) in [6, 6.07) is 1.61. The van der Waals surface area contributed by atoms with E-state index in [0.29, 0.717) is 61.8 Å². The fourth-order valence-corrected chi connectivity index (χ4v) is 7.49. The van der Waals surface area contributed by atoms with E-state index in [0.717, 1.165) is 12.8 Å². The number of carbonyl (C=O) groups excluding carboxylic acids is 1. The predicted octanol–water partition coefficient (Wildman–Crippen LogP) is 1.60. The van der Waals surface area contributed by atoms with Gasteiger partial charge in [-0.15, -0.1) is 10.2 Å². The van der Waals surface area contributed by atoms with Gasteiger partial charge in [-0.3, -0.25) is 14.1 Å². The number of imidazole rings is 1. The van der Waals surface area contributed by atoms with Gasteiger partial charge in [-0.2, -0.15) is 0 Å². The number of halogens is 2. The second-order valence-corrected chi connectivity index (χ2v) is 13.7. The van der Waals surface area contributed by atoms with Gasteiger partial charge in [-0.05, 0) is 32.9 Å². The number of likely N-dealkylation sites (tertiary alicyclic amines) is 1. The van der Waals surface area contributed by atoms with E-state index in [2.05, 4.69) is 19.9 Å². The molecule has 2 aliphatic heterocycles. The van der Waals surface area contributed by atoms with Gasteiger partial charge in [0.2, 0.25) is 10.0 Å². The van der Waals surface area contributed by atoms with Crippen molar-refractivity contribution in [1.29, 1.82) is 0 Å². The molecule has 0 aromatic carbocycles. The lowest BCUT2D eigenvalue weighted by Crippen LogP contribution is -2.70. The molecule has 1 amide bonds. The lowest BCUT2D eigenvalue weighted by atomic mass is 9.92. The van der Waals surface area contributed by atoms with Crippen molar-refractivity contribution in [2.75, 3.05) is 58.3 Å². The van der Waals surface area contributed by atoms with Crippen LogP contribution in [0, 0.1) is 0 Å². The summed E-state index contributed by atoms with van der Waals surface area (Å²) in [5.74, 6) is 0.175. The summed E-state index contributed by atoms with van der Waals surface area (Å²) in [5, 5.41) is 7.16. The minimum absolute atomic E-state index is 0.0234. The third-order valence-corrected chi connectivity index (χ3v) is 10.4. The molecule has 0 radical (unpaired) electrons. The number of fused-ring (bicyclic) bond motifs is 1. The van der Waals surface area contributed by atoms with Crippen LogP contribution in [0.25, 0.3) is 16.3 Å². The molecule has 0 unspecified atom stereocenters. The van der Waals surface area contributed by atoms with E-state index < -0.39 is 32.6 Å². The maximum atomic E-state index is 13.4. The van der Waals surface area contributed by atoms with Crippen molar-refractivity contribution in [1.82, 2.24) is 34.1 Å². The fourth-order valence-electron chi connectivity index (χ4n) is 5.31. The monoisotopic (exact) mass is 596 g/mol. The van der Waals surface area contributed by atoms with Crippen molar-refractivity contribution in [3.05, 3.63) is 23.5 Å². The number of nitrogens with zero attached hydrogens (tertiary/aromatic N) is 7. The number of rotatable bonds is 8. The Balaban J connectivity index is 1.34. The van der Waals surface area contributed by atoms with E-state index in [4.69, 9.17) is 4.74 Å². The van der Waals surface area contributed by atoms with Crippen LogP contribution in [0.15, 0.2) is 23.4 Å². The van der Waals surface area contributed by atoms with Crippen LogP contribution < -0.4 is 9.62 Å². The molecule has 0 atom stereocenters. The third-order valence-electron chi connectivity index (χ3n) is 7.84. The predicted molar refractivity (Wildman–Crippen MR) is 143 cm³/mol. The summed E-state index contributed by atoms with van der Waals surface area (Å²) < 4.78 is 63.2. The Bertz CT molecular complexity index is 1560. The van der Waals surface area contributed by atoms with Gasteiger partial charge >= 0.3 is 0 Å². The molecule has 0 spiro atoms. The average molecular weight is 597 g/mol. The Morgan fingerprint density at radius 1 is 1.18 bits per heavy atom. The molecule has 216 valence electrons. The maximum absolute atomic E-state index is 13.4. The van der Waals surface area contributed by atoms with Gasteiger partial charge in [0.25, 0.3) is 12.3 Å². The summed E-state index contributed by atoms with van der Waals surface area (Å²) in [6.07, 6.45) is 1.72. The summed E-state index contributed by atoms with van der Waals surface area (Å²) in [6.45, 7) is 4.70. The van der Waals surface area contributed by atoms with E-state index in [1.54, 1.807) is 28.7 Å². The number of alkyl halides is 2. The molecule has 6 rings (SSSR count). The summed E-state index contributed by atoms with van der Waals surface area (Å²) in [7, 11) is -0.416. The van der Waals surface area contributed by atoms with Gasteiger partial charge < -0.3 is 14.5 Å². The number of sulfonamides is 1. The largest absolute Gasteiger partial charge is 0.366 e. The molecular formula is C24H30F2N8O4S2. The van der Waals surface area contributed by atoms with Crippen molar-refractivity contribution in [3.63, 3.8) is 0 Å². The first-order valence-electron chi connectivity index (χ1n) is 12.9. The number of piperazine rings is 1. The van der Waals surface area contributed by atoms with Gasteiger partial charge in [0, 0.05) is 58.1 Å². The highest BCUT2D eigenvalue weighted by Gasteiger charge is 2.50. The van der Waals surface area contributed by atoms with Crippen LogP contribution in [0.2, 0.25) is 0 Å². The van der Waals surface area contributed by atoms with Crippen LogP contribution >= 0.6 is 11.3 Å². The molecule has 1 N–H and O–H groups in total. The molecule has 40 heavy (non-hydrogen) atoms. The number of pyridine rings is 1. The first kappa shape index (κ1) is 27.4. The lowest BCUT2D eigenvalue weighted by molar-refractivity contribution is -0.175. The number of carbonyl (C=O) groups is 1. The smallest absolute Gasteiger partial charge is 0.291 e. The van der Waals surface area contributed by atoms with E-state index in [1.165, 1.54) is 6.20 Å². The molecule has 2 saturated heterocycles. The second-order valence-electron chi connectivity index (χ2n) is 11.0. The number of methoxy groups -OCH3 is 1. The standard InChI is InChI=1S/C24H30F2N8O4S2/c1-23(4-5-23)30-40(36,37)15-10-16(17-11-27-19(34(17)12-15)21-29-28-20(39-21)18(25)26)32-6-8-33(9-7-32)22(35)24(38-3)13-31(2)14-24/h10-12,18,30H,4-9,13-14H2,1-3H3. The van der Waals surface area contributed by atoms with Crippen molar-refractivity contribution in [3.8, 4) is 10.8 Å². The topological polar surface area (TPSA) is 125 Å². The molecule has 3 fully saturated rings. The molecule has 5 heterocycles. The Labute approximate surface area is 234 Å². The van der Waals surface area contributed by atoms with Crippen LogP contribution in [0.5, 0.6) is 0 Å². The maximum Gasteiger partial charge on any atom is 0.291 e. The van der Waals surface area contributed by atoms with Gasteiger partial charge in [0.05, 0.1) is 17.4 Å². The van der Waals surface area contributed by atoms with Gasteiger partial charge in [0.1, 0.15) is 4.90 Å². The highest BCUT2D eigenvalue weighted by atomic mass is 32.2. The number of likely N-dealkylation sites (N-methyl/N-ethyl adjacent to an activating group) is 1. The van der Waals surface area contributed by atoms with Crippen molar-refractivity contribution in [2.24, 2.45) is 0 Å². The molecule has 1 aliphatic carbocycles. The Hall–Kier alpha value is -2.79. The van der Waals surface area contributed by atoms with Crippen LogP contribution in [0.4, 0.5) is 14.5 Å². The quantitative estimate of drug-likeness (QED) is 0.413. The van der Waals surface area contributed by atoms with Crippen molar-refractivity contribution < 1.29 is 26.7 Å². The first-order chi connectivity index (χ1) is 18.9. The van der Waals surface area contributed by atoms with E-state index >= 15 is 0 Å². The fraction of sp³-hybridized carbons (Fsp3) is 0.583.